The molecule has 1 unspecified atom stereocenters. The number of carbonyl (C=O) groups is 1. The topological polar surface area (TPSA) is 60.4 Å². The highest BCUT2D eigenvalue weighted by Crippen LogP contribution is 1.87. The normalized spacial score (nSPS) is 11.7. The minimum absolute atomic E-state index is 0.849. The molecule has 0 aliphatic carbocycles. The van der Waals surface area contributed by atoms with Crippen LogP contribution in [0.2, 0.25) is 0 Å². The monoisotopic (exact) mass is 120 g/mol. The Bertz CT molecular complexity index is 107. The highest BCUT2D eigenvalue weighted by Gasteiger charge is 1.88. The molecule has 0 bridgehead atoms. The van der Waals surface area contributed by atoms with Gasteiger partial charge in [0, 0.05) is 5.76 Å². The molecule has 0 aromatic carbocycles. The number of carboxylic acid groups (broad SMARTS) is 1. The zero-order valence-electron chi connectivity index (χ0n) is 3.55. The largest absolute Gasteiger partial charge is 0.865 e. The first-order valence-corrected chi connectivity index (χ1v) is 2.40. The molecule has 40 valence electrons. The van der Waals surface area contributed by atoms with Crippen LogP contribution in [0, 0.1) is 0 Å². The summed E-state index contributed by atoms with van der Waals surface area (Å²) in [5, 5.41) is 17.7. The number of aliphatic carboxylic acids is 1. The standard InChI is InChI=1S/C3H5O3P/c4-2(1-7)3(5)6/h1,4H,7H2,(H,5,6). The van der Waals surface area contributed by atoms with Crippen LogP contribution in [0.15, 0.2) is 11.6 Å². The van der Waals surface area contributed by atoms with E-state index in [-0.39, 0.29) is 0 Å². The Balaban J connectivity index is 3.82. The zero-order chi connectivity index (χ0) is 5.86. The van der Waals surface area contributed by atoms with Crippen molar-refractivity contribution in [2.24, 2.45) is 0 Å². The van der Waals surface area contributed by atoms with Gasteiger partial charge in [-0.05, 0) is 9.24 Å². The van der Waals surface area contributed by atoms with Gasteiger partial charge in [0.05, 0.1) is 5.82 Å². The van der Waals surface area contributed by atoms with Gasteiger partial charge in [-0.2, -0.15) is 0 Å². The minimum atomic E-state index is -1.39. The first-order valence-electron chi connectivity index (χ1n) is 1.58. The van der Waals surface area contributed by atoms with Gasteiger partial charge in [0.1, 0.15) is 0 Å². The van der Waals surface area contributed by atoms with Gasteiger partial charge in [0.2, 0.25) is 0 Å². The van der Waals surface area contributed by atoms with Crippen LogP contribution >= 0.6 is 9.24 Å². The van der Waals surface area contributed by atoms with Crippen LogP contribution in [0.3, 0.4) is 0 Å². The fraction of sp³-hybridized carbons (Fsp3) is 0. The summed E-state index contributed by atoms with van der Waals surface area (Å²) in [5.41, 5.74) is 0. The lowest BCUT2D eigenvalue weighted by molar-refractivity contribution is -0.302. The maximum absolute atomic E-state index is 9.86. The molecular weight excluding hydrogens is 115 g/mol. The first-order chi connectivity index (χ1) is 3.18. The summed E-state index contributed by atoms with van der Waals surface area (Å²) in [6, 6.07) is 0. The van der Waals surface area contributed by atoms with E-state index in [0.717, 1.165) is 5.82 Å². The molecule has 0 amide bonds. The van der Waals surface area contributed by atoms with E-state index in [1.807, 2.05) is 0 Å². The molecule has 0 saturated carbocycles. The molecule has 7 heavy (non-hydrogen) atoms. The summed E-state index contributed by atoms with van der Waals surface area (Å²) < 4.78 is 0. The van der Waals surface area contributed by atoms with Crippen LogP contribution in [0.5, 0.6) is 0 Å². The minimum Gasteiger partial charge on any atom is -0.865 e. The third-order valence-electron chi connectivity index (χ3n) is 0.396. The van der Waals surface area contributed by atoms with Crippen LogP contribution < -0.4 is 5.11 Å². The van der Waals surface area contributed by atoms with Crippen molar-refractivity contribution in [2.45, 2.75) is 0 Å². The number of hydrogen-bond acceptors (Lipinski definition) is 2. The van der Waals surface area contributed by atoms with Crippen molar-refractivity contribution in [1.82, 2.24) is 0 Å². The van der Waals surface area contributed by atoms with Crippen molar-refractivity contribution in [2.75, 3.05) is 0 Å². The molecule has 1 atom stereocenters. The van der Waals surface area contributed by atoms with Crippen molar-refractivity contribution < 1.29 is 15.0 Å². The summed E-state index contributed by atoms with van der Waals surface area (Å²) in [6.45, 7) is 0. The smallest absolute Gasteiger partial charge is 0.323 e. The van der Waals surface area contributed by atoms with E-state index < -0.39 is 11.7 Å². The van der Waals surface area contributed by atoms with E-state index in [2.05, 4.69) is 0 Å². The molecule has 0 rings (SSSR count). The molecule has 4 heteroatoms. The second-order valence-corrected chi connectivity index (χ2v) is 1.28. The van der Waals surface area contributed by atoms with Crippen molar-refractivity contribution in [3.05, 3.63) is 11.6 Å². The van der Waals surface area contributed by atoms with Gasteiger partial charge in [-0.15, -0.1) is 0 Å². The Kier molecular flexibility index (Phi) is 2.38. The van der Waals surface area contributed by atoms with Crippen LogP contribution in [-0.4, -0.2) is 11.1 Å². The van der Waals surface area contributed by atoms with Gasteiger partial charge < -0.3 is 10.2 Å². The third-order valence-corrected chi connectivity index (χ3v) is 0.767. The van der Waals surface area contributed by atoms with Crippen LogP contribution in [0.4, 0.5) is 0 Å². The van der Waals surface area contributed by atoms with Gasteiger partial charge in [0.25, 0.3) is 0 Å². The Labute approximate surface area is 42.9 Å². The van der Waals surface area contributed by atoms with Gasteiger partial charge >= 0.3 is 5.97 Å². The molecule has 0 spiro atoms. The Hall–Kier alpha value is -0.560. The van der Waals surface area contributed by atoms with Gasteiger partial charge in [-0.1, -0.05) is 0 Å². The van der Waals surface area contributed by atoms with Crippen LogP contribution in [0.1, 0.15) is 0 Å². The Morgan fingerprint density at radius 3 is 2.29 bits per heavy atom. The van der Waals surface area contributed by atoms with E-state index in [4.69, 9.17) is 5.11 Å². The van der Waals surface area contributed by atoms with E-state index in [1.54, 1.807) is 0 Å². The predicted octanol–water partition coefficient (Wildman–Crippen LogP) is -1.12. The molecule has 0 saturated heterocycles. The molecule has 0 aliphatic rings. The summed E-state index contributed by atoms with van der Waals surface area (Å²) in [7, 11) is 1.21. The number of hydrogen-bond donors (Lipinski definition) is 1. The van der Waals surface area contributed by atoms with Crippen molar-refractivity contribution >= 4 is 15.2 Å². The van der Waals surface area contributed by atoms with Gasteiger partial charge in [-0.25, -0.2) is 4.79 Å². The summed E-state index contributed by atoms with van der Waals surface area (Å²) >= 11 is 0. The van der Waals surface area contributed by atoms with E-state index in [9.17, 15) is 9.90 Å². The second-order valence-electron chi connectivity index (χ2n) is 0.874. The SMILES string of the molecule is O=C(O)C([O-])=C[PH3+]. The van der Waals surface area contributed by atoms with Crippen molar-refractivity contribution in [1.29, 1.82) is 0 Å². The number of rotatable bonds is 1. The molecular formula is C3H5O3P. The molecule has 0 aromatic rings. The Morgan fingerprint density at radius 2 is 2.29 bits per heavy atom. The first kappa shape index (κ1) is 6.44. The number of carboxylic acids is 1. The lowest BCUT2D eigenvalue weighted by atomic mass is 10.6. The average Bonchev–Trinajstić information content (AvgIpc) is 1.65. The lowest BCUT2D eigenvalue weighted by Gasteiger charge is -1.97. The molecule has 0 aliphatic heterocycles. The highest BCUT2D eigenvalue weighted by molar-refractivity contribution is 7.20. The average molecular weight is 120 g/mol. The van der Waals surface area contributed by atoms with Gasteiger partial charge in [0.15, 0.2) is 0 Å². The summed E-state index contributed by atoms with van der Waals surface area (Å²) in [5.74, 6) is -1.21. The molecule has 0 fully saturated rings. The molecule has 1 N–H and O–H groups in total. The van der Waals surface area contributed by atoms with Crippen LogP contribution in [-0.2, 0) is 4.79 Å². The lowest BCUT2D eigenvalue weighted by Crippen LogP contribution is -2.12. The summed E-state index contributed by atoms with van der Waals surface area (Å²) in [6.07, 6.45) is 0. The van der Waals surface area contributed by atoms with Crippen LogP contribution in [0.25, 0.3) is 0 Å². The fourth-order valence-electron chi connectivity index (χ4n) is 0.0873. The zero-order valence-corrected chi connectivity index (χ0v) is 4.96. The molecule has 3 nitrogen and oxygen atoms in total. The van der Waals surface area contributed by atoms with Crippen molar-refractivity contribution in [3.8, 4) is 0 Å². The molecule has 0 aromatic heterocycles. The maximum Gasteiger partial charge on any atom is 0.323 e. The molecule has 0 heterocycles. The third kappa shape index (κ3) is 2.18. The van der Waals surface area contributed by atoms with E-state index >= 15 is 0 Å². The predicted molar refractivity (Wildman–Crippen MR) is 26.8 cm³/mol. The quantitative estimate of drug-likeness (QED) is 0.271. The van der Waals surface area contributed by atoms with E-state index in [1.165, 1.54) is 9.24 Å². The van der Waals surface area contributed by atoms with E-state index in [0.29, 0.717) is 0 Å². The highest BCUT2D eigenvalue weighted by atomic mass is 31.0. The summed E-state index contributed by atoms with van der Waals surface area (Å²) in [4.78, 5) is 9.55. The molecule has 0 radical (unpaired) electrons. The maximum atomic E-state index is 9.86. The van der Waals surface area contributed by atoms with Gasteiger partial charge in [-0.3, -0.25) is 0 Å². The van der Waals surface area contributed by atoms with Crippen molar-refractivity contribution in [3.63, 3.8) is 0 Å². The fourth-order valence-corrected chi connectivity index (χ4v) is 0.262. The Morgan fingerprint density at radius 1 is 1.86 bits per heavy atom. The second kappa shape index (κ2) is 2.59.